The van der Waals surface area contributed by atoms with Crippen molar-refractivity contribution < 1.29 is 4.52 Å². The van der Waals surface area contributed by atoms with Gasteiger partial charge in [-0.15, -0.1) is 0 Å². The average molecular weight is 328 g/mol. The van der Waals surface area contributed by atoms with Crippen molar-refractivity contribution in [2.45, 2.75) is 32.7 Å². The third kappa shape index (κ3) is 4.43. The van der Waals surface area contributed by atoms with E-state index in [4.69, 9.17) is 27.7 Å². The molecule has 0 bridgehead atoms. The SMILES string of the molecule is CNC(Cc1nc(Cc2ccc(Cl)c(Cl)c2)no1)C(C)C. The Labute approximate surface area is 134 Å². The Morgan fingerprint density at radius 1 is 1.24 bits per heavy atom. The van der Waals surface area contributed by atoms with Crippen LogP contribution in [0.25, 0.3) is 0 Å². The van der Waals surface area contributed by atoms with Crippen LogP contribution in [0.5, 0.6) is 0 Å². The molecule has 0 saturated heterocycles. The van der Waals surface area contributed by atoms with Crippen molar-refractivity contribution in [1.29, 1.82) is 0 Å². The van der Waals surface area contributed by atoms with Gasteiger partial charge in [-0.05, 0) is 30.7 Å². The predicted octanol–water partition coefficient (Wildman–Crippen LogP) is 3.75. The highest BCUT2D eigenvalue weighted by atomic mass is 35.5. The van der Waals surface area contributed by atoms with E-state index in [1.54, 1.807) is 6.07 Å². The number of hydrogen-bond acceptors (Lipinski definition) is 4. The molecule has 1 aromatic carbocycles. The van der Waals surface area contributed by atoms with Gasteiger partial charge in [0.1, 0.15) is 0 Å². The fourth-order valence-electron chi connectivity index (χ4n) is 2.14. The van der Waals surface area contributed by atoms with Crippen LogP contribution in [0, 0.1) is 5.92 Å². The molecule has 0 radical (unpaired) electrons. The summed E-state index contributed by atoms with van der Waals surface area (Å²) in [6.07, 6.45) is 1.30. The first-order chi connectivity index (χ1) is 9.99. The van der Waals surface area contributed by atoms with Crippen LogP contribution >= 0.6 is 23.2 Å². The number of rotatable bonds is 6. The third-order valence-corrected chi connectivity index (χ3v) is 4.17. The Kier molecular flexibility index (Phi) is 5.62. The fraction of sp³-hybridized carbons (Fsp3) is 0.467. The van der Waals surface area contributed by atoms with E-state index in [9.17, 15) is 0 Å². The Morgan fingerprint density at radius 2 is 2.00 bits per heavy atom. The third-order valence-electron chi connectivity index (χ3n) is 3.43. The van der Waals surface area contributed by atoms with E-state index in [1.165, 1.54) is 0 Å². The van der Waals surface area contributed by atoms with Gasteiger partial charge in [0.2, 0.25) is 5.89 Å². The monoisotopic (exact) mass is 327 g/mol. The zero-order chi connectivity index (χ0) is 15.4. The number of aromatic nitrogens is 2. The number of nitrogens with one attached hydrogen (secondary N) is 1. The molecule has 114 valence electrons. The summed E-state index contributed by atoms with van der Waals surface area (Å²) in [4.78, 5) is 4.43. The lowest BCUT2D eigenvalue weighted by atomic mass is 10.0. The average Bonchev–Trinajstić information content (AvgIpc) is 2.87. The van der Waals surface area contributed by atoms with Crippen LogP contribution in [-0.2, 0) is 12.8 Å². The van der Waals surface area contributed by atoms with Crippen LogP contribution in [0.15, 0.2) is 22.7 Å². The highest BCUT2D eigenvalue weighted by Gasteiger charge is 2.16. The maximum Gasteiger partial charge on any atom is 0.228 e. The molecule has 6 heteroatoms. The van der Waals surface area contributed by atoms with Gasteiger partial charge in [-0.3, -0.25) is 0 Å². The number of likely N-dealkylation sites (N-methyl/N-ethyl adjacent to an activating group) is 1. The van der Waals surface area contributed by atoms with E-state index >= 15 is 0 Å². The molecule has 1 aromatic heterocycles. The summed E-state index contributed by atoms with van der Waals surface area (Å²) in [6, 6.07) is 5.83. The molecule has 0 saturated carbocycles. The van der Waals surface area contributed by atoms with Gasteiger partial charge in [0.25, 0.3) is 0 Å². The largest absolute Gasteiger partial charge is 0.339 e. The van der Waals surface area contributed by atoms with Crippen molar-refractivity contribution in [3.63, 3.8) is 0 Å². The highest BCUT2D eigenvalue weighted by molar-refractivity contribution is 6.42. The molecule has 0 amide bonds. The van der Waals surface area contributed by atoms with E-state index in [1.807, 2.05) is 19.2 Å². The molecule has 0 aliphatic carbocycles. The molecule has 1 atom stereocenters. The minimum Gasteiger partial charge on any atom is -0.339 e. The van der Waals surface area contributed by atoms with E-state index in [0.29, 0.717) is 40.1 Å². The van der Waals surface area contributed by atoms with Crippen molar-refractivity contribution in [3.05, 3.63) is 45.5 Å². The highest BCUT2D eigenvalue weighted by Crippen LogP contribution is 2.23. The van der Waals surface area contributed by atoms with Gasteiger partial charge in [0.15, 0.2) is 5.82 Å². The van der Waals surface area contributed by atoms with Gasteiger partial charge < -0.3 is 9.84 Å². The molecular formula is C15H19Cl2N3O. The molecule has 0 aliphatic heterocycles. The minimum absolute atomic E-state index is 0.322. The summed E-state index contributed by atoms with van der Waals surface area (Å²) in [6.45, 7) is 4.32. The van der Waals surface area contributed by atoms with Gasteiger partial charge in [-0.2, -0.15) is 4.98 Å². The first-order valence-electron chi connectivity index (χ1n) is 6.92. The summed E-state index contributed by atoms with van der Waals surface area (Å²) in [5.41, 5.74) is 1.01. The topological polar surface area (TPSA) is 51.0 Å². The van der Waals surface area contributed by atoms with Gasteiger partial charge in [-0.25, -0.2) is 0 Å². The van der Waals surface area contributed by atoms with Gasteiger partial charge in [-0.1, -0.05) is 48.3 Å². The van der Waals surface area contributed by atoms with Crippen molar-refractivity contribution in [3.8, 4) is 0 Å². The maximum absolute atomic E-state index is 6.00. The zero-order valence-corrected chi connectivity index (χ0v) is 13.9. The van der Waals surface area contributed by atoms with E-state index < -0.39 is 0 Å². The van der Waals surface area contributed by atoms with Gasteiger partial charge in [0, 0.05) is 18.9 Å². The first-order valence-corrected chi connectivity index (χ1v) is 7.68. The van der Waals surface area contributed by atoms with Gasteiger partial charge >= 0.3 is 0 Å². The standard InChI is InChI=1S/C15H19Cl2N3O/c1-9(2)13(18-3)8-15-19-14(20-21-15)7-10-4-5-11(16)12(17)6-10/h4-6,9,13,18H,7-8H2,1-3H3. The van der Waals surface area contributed by atoms with Crippen molar-refractivity contribution in [2.24, 2.45) is 5.92 Å². The van der Waals surface area contributed by atoms with E-state index in [0.717, 1.165) is 12.0 Å². The molecule has 1 unspecified atom stereocenters. The van der Waals surface area contributed by atoms with Crippen LogP contribution in [0.4, 0.5) is 0 Å². The number of nitrogens with zero attached hydrogens (tertiary/aromatic N) is 2. The molecule has 2 aromatic rings. The van der Waals surface area contributed by atoms with Crippen LogP contribution < -0.4 is 5.32 Å². The van der Waals surface area contributed by atoms with Crippen molar-refractivity contribution in [2.75, 3.05) is 7.05 Å². The van der Waals surface area contributed by atoms with E-state index in [-0.39, 0.29) is 0 Å². The molecular weight excluding hydrogens is 309 g/mol. The summed E-state index contributed by atoms with van der Waals surface area (Å²) in [7, 11) is 1.94. The second-order valence-electron chi connectivity index (χ2n) is 5.37. The Balaban J connectivity index is 2.04. The van der Waals surface area contributed by atoms with Gasteiger partial charge in [0.05, 0.1) is 10.0 Å². The molecule has 0 fully saturated rings. The Hall–Kier alpha value is -1.10. The molecule has 21 heavy (non-hydrogen) atoms. The molecule has 0 spiro atoms. The smallest absolute Gasteiger partial charge is 0.228 e. The van der Waals surface area contributed by atoms with Crippen LogP contribution in [0.3, 0.4) is 0 Å². The molecule has 1 N–H and O–H groups in total. The Bertz CT molecular complexity index is 598. The molecule has 4 nitrogen and oxygen atoms in total. The molecule has 2 rings (SSSR count). The van der Waals surface area contributed by atoms with E-state index in [2.05, 4.69) is 29.3 Å². The summed E-state index contributed by atoms with van der Waals surface area (Å²) < 4.78 is 5.31. The zero-order valence-electron chi connectivity index (χ0n) is 12.4. The first kappa shape index (κ1) is 16.3. The van der Waals surface area contributed by atoms with Crippen LogP contribution in [0.1, 0.15) is 31.1 Å². The summed E-state index contributed by atoms with van der Waals surface area (Å²) in [5, 5.41) is 8.36. The quantitative estimate of drug-likeness (QED) is 0.877. The number of halogens is 2. The van der Waals surface area contributed by atoms with Crippen molar-refractivity contribution in [1.82, 2.24) is 15.5 Å². The van der Waals surface area contributed by atoms with Crippen molar-refractivity contribution >= 4 is 23.2 Å². The second-order valence-corrected chi connectivity index (χ2v) is 6.19. The van der Waals surface area contributed by atoms with Crippen LogP contribution in [-0.4, -0.2) is 23.2 Å². The summed E-state index contributed by atoms with van der Waals surface area (Å²) in [5.74, 6) is 1.81. The summed E-state index contributed by atoms with van der Waals surface area (Å²) >= 11 is 11.9. The second kappa shape index (κ2) is 7.25. The fourth-order valence-corrected chi connectivity index (χ4v) is 2.46. The minimum atomic E-state index is 0.322. The normalized spacial score (nSPS) is 12.9. The predicted molar refractivity (Wildman–Crippen MR) is 85.0 cm³/mol. The molecule has 1 heterocycles. The number of benzene rings is 1. The van der Waals surface area contributed by atoms with Crippen LogP contribution in [0.2, 0.25) is 10.0 Å². The Morgan fingerprint density at radius 3 is 2.62 bits per heavy atom. The lowest BCUT2D eigenvalue weighted by Gasteiger charge is -2.17. The maximum atomic E-state index is 6.00. The number of hydrogen-bond donors (Lipinski definition) is 1. The lowest BCUT2D eigenvalue weighted by molar-refractivity contribution is 0.333. The molecule has 0 aliphatic rings. The lowest BCUT2D eigenvalue weighted by Crippen LogP contribution is -2.32.